The summed E-state index contributed by atoms with van der Waals surface area (Å²) in [5, 5.41) is 6.99. The molecule has 2 fully saturated rings. The molecule has 2 N–H and O–H groups in total. The molecule has 2 aliphatic rings. The van der Waals surface area contributed by atoms with Crippen LogP contribution < -0.4 is 10.6 Å². The summed E-state index contributed by atoms with van der Waals surface area (Å²) in [6.45, 7) is 16.2. The molecule has 0 spiro atoms. The summed E-state index contributed by atoms with van der Waals surface area (Å²) in [5.41, 5.74) is 0. The zero-order valence-corrected chi connectivity index (χ0v) is 17.5. The normalized spacial score (nSPS) is 22.8. The van der Waals surface area contributed by atoms with E-state index in [0.29, 0.717) is 6.04 Å². The van der Waals surface area contributed by atoms with Crippen LogP contribution in [0.25, 0.3) is 0 Å². The summed E-state index contributed by atoms with van der Waals surface area (Å²) in [4.78, 5) is 12.1. The van der Waals surface area contributed by atoms with Gasteiger partial charge >= 0.3 is 0 Å². The highest BCUT2D eigenvalue weighted by atomic mass is 15.3. The fraction of sp³-hybridized carbons (Fsp3) is 0.950. The quantitative estimate of drug-likeness (QED) is 0.387. The molecule has 6 nitrogen and oxygen atoms in total. The first-order valence-corrected chi connectivity index (χ1v) is 10.9. The molecular weight excluding hydrogens is 324 g/mol. The maximum atomic E-state index is 4.38. The topological polar surface area (TPSA) is 46.1 Å². The molecule has 2 heterocycles. The lowest BCUT2D eigenvalue weighted by molar-refractivity contribution is 0.107. The summed E-state index contributed by atoms with van der Waals surface area (Å²) in [6, 6.07) is 0.546. The number of nitrogens with one attached hydrogen (secondary N) is 2. The van der Waals surface area contributed by atoms with Gasteiger partial charge in [0, 0.05) is 52.4 Å². The summed E-state index contributed by atoms with van der Waals surface area (Å²) < 4.78 is 0. The number of hydrogen-bond donors (Lipinski definition) is 2. The van der Waals surface area contributed by atoms with E-state index in [4.69, 9.17) is 0 Å². The Morgan fingerprint density at radius 3 is 2.23 bits per heavy atom. The van der Waals surface area contributed by atoms with Crippen LogP contribution in [0, 0.1) is 0 Å². The number of likely N-dealkylation sites (N-methyl/N-ethyl adjacent to an activating group) is 1. The van der Waals surface area contributed by atoms with Crippen LogP contribution in [0.15, 0.2) is 4.99 Å². The molecule has 6 heteroatoms. The summed E-state index contributed by atoms with van der Waals surface area (Å²) in [7, 11) is 1.87. The third-order valence-electron chi connectivity index (χ3n) is 5.91. The Balaban J connectivity index is 1.57. The van der Waals surface area contributed by atoms with Crippen molar-refractivity contribution in [2.75, 3.05) is 72.5 Å². The van der Waals surface area contributed by atoms with Crippen molar-refractivity contribution in [2.45, 2.75) is 52.0 Å². The molecule has 0 saturated carbocycles. The van der Waals surface area contributed by atoms with Crippen molar-refractivity contribution in [1.29, 1.82) is 0 Å². The third kappa shape index (κ3) is 7.80. The van der Waals surface area contributed by atoms with Crippen molar-refractivity contribution < 1.29 is 0 Å². The van der Waals surface area contributed by atoms with Crippen LogP contribution in [0.4, 0.5) is 0 Å². The number of guanidine groups is 1. The number of piperazine rings is 1. The van der Waals surface area contributed by atoms with Crippen LogP contribution in [-0.4, -0.2) is 99.2 Å². The first-order chi connectivity index (χ1) is 12.7. The average Bonchev–Trinajstić information content (AvgIpc) is 2.96. The van der Waals surface area contributed by atoms with E-state index in [1.807, 2.05) is 7.05 Å². The summed E-state index contributed by atoms with van der Waals surface area (Å²) in [5.74, 6) is 0.944. The van der Waals surface area contributed by atoms with Crippen molar-refractivity contribution in [3.8, 4) is 0 Å². The van der Waals surface area contributed by atoms with Gasteiger partial charge in [0.2, 0.25) is 0 Å². The Kier molecular flexibility index (Phi) is 10.3. The lowest BCUT2D eigenvalue weighted by Crippen LogP contribution is -2.53. The van der Waals surface area contributed by atoms with Crippen LogP contribution >= 0.6 is 0 Å². The second kappa shape index (κ2) is 12.5. The fourth-order valence-corrected chi connectivity index (χ4v) is 3.98. The fourth-order valence-electron chi connectivity index (χ4n) is 3.98. The highest BCUT2D eigenvalue weighted by Gasteiger charge is 2.20. The molecule has 2 saturated heterocycles. The van der Waals surface area contributed by atoms with Gasteiger partial charge in [-0.15, -0.1) is 0 Å². The third-order valence-corrected chi connectivity index (χ3v) is 5.91. The first kappa shape index (κ1) is 21.5. The predicted molar refractivity (Wildman–Crippen MR) is 112 cm³/mol. The van der Waals surface area contributed by atoms with E-state index >= 15 is 0 Å². The van der Waals surface area contributed by atoms with E-state index in [1.54, 1.807) is 0 Å². The van der Waals surface area contributed by atoms with Crippen molar-refractivity contribution in [2.24, 2.45) is 4.99 Å². The minimum absolute atomic E-state index is 0.546. The Bertz CT molecular complexity index is 384. The standard InChI is InChI=1S/C20H42N6/c1-4-24-14-16-26(17-15-24)19(2)18-23-20(21-3)22-10-9-13-25-11-7-5-6-8-12-25/h19H,4-18H2,1-3H3,(H2,21,22,23). The maximum absolute atomic E-state index is 4.38. The Morgan fingerprint density at radius 2 is 1.62 bits per heavy atom. The molecule has 0 amide bonds. The molecule has 1 unspecified atom stereocenters. The molecule has 0 aromatic carbocycles. The van der Waals surface area contributed by atoms with E-state index in [-0.39, 0.29) is 0 Å². The minimum atomic E-state index is 0.546. The number of nitrogens with zero attached hydrogens (tertiary/aromatic N) is 4. The molecule has 2 rings (SSSR count). The van der Waals surface area contributed by atoms with Gasteiger partial charge in [-0.2, -0.15) is 0 Å². The molecule has 152 valence electrons. The maximum Gasteiger partial charge on any atom is 0.191 e. The Morgan fingerprint density at radius 1 is 0.923 bits per heavy atom. The van der Waals surface area contributed by atoms with Gasteiger partial charge in [-0.3, -0.25) is 9.89 Å². The zero-order valence-electron chi connectivity index (χ0n) is 17.5. The number of rotatable bonds is 8. The minimum Gasteiger partial charge on any atom is -0.356 e. The largest absolute Gasteiger partial charge is 0.356 e. The number of likely N-dealkylation sites (tertiary alicyclic amines) is 1. The predicted octanol–water partition coefficient (Wildman–Crippen LogP) is 1.44. The molecule has 0 aromatic heterocycles. The van der Waals surface area contributed by atoms with Gasteiger partial charge in [0.05, 0.1) is 0 Å². The Hall–Kier alpha value is -0.850. The number of aliphatic imine (C=N–C) groups is 1. The van der Waals surface area contributed by atoms with Gasteiger partial charge in [0.15, 0.2) is 5.96 Å². The second-order valence-electron chi connectivity index (χ2n) is 7.81. The van der Waals surface area contributed by atoms with E-state index in [2.05, 4.69) is 44.2 Å². The highest BCUT2D eigenvalue weighted by Crippen LogP contribution is 2.09. The number of hydrogen-bond acceptors (Lipinski definition) is 4. The molecular formula is C20H42N6. The van der Waals surface area contributed by atoms with Crippen molar-refractivity contribution in [1.82, 2.24) is 25.3 Å². The monoisotopic (exact) mass is 366 g/mol. The van der Waals surface area contributed by atoms with Crippen molar-refractivity contribution in [3.63, 3.8) is 0 Å². The molecule has 0 radical (unpaired) electrons. The molecule has 26 heavy (non-hydrogen) atoms. The van der Waals surface area contributed by atoms with Crippen molar-refractivity contribution >= 4 is 5.96 Å². The van der Waals surface area contributed by atoms with Crippen LogP contribution in [0.5, 0.6) is 0 Å². The molecule has 0 aromatic rings. The summed E-state index contributed by atoms with van der Waals surface area (Å²) >= 11 is 0. The zero-order chi connectivity index (χ0) is 18.6. The van der Waals surface area contributed by atoms with Crippen LogP contribution in [-0.2, 0) is 0 Å². The van der Waals surface area contributed by atoms with Crippen LogP contribution in [0.3, 0.4) is 0 Å². The van der Waals surface area contributed by atoms with Gasteiger partial charge in [-0.25, -0.2) is 0 Å². The van der Waals surface area contributed by atoms with E-state index < -0.39 is 0 Å². The molecule has 2 aliphatic heterocycles. The lowest BCUT2D eigenvalue weighted by atomic mass is 10.2. The molecule has 1 atom stereocenters. The summed E-state index contributed by atoms with van der Waals surface area (Å²) in [6.07, 6.45) is 6.77. The smallest absolute Gasteiger partial charge is 0.191 e. The Labute approximate surface area is 161 Å². The van der Waals surface area contributed by atoms with Gasteiger partial charge in [-0.05, 0) is 52.4 Å². The average molecular weight is 367 g/mol. The van der Waals surface area contributed by atoms with Crippen LogP contribution in [0.2, 0.25) is 0 Å². The van der Waals surface area contributed by atoms with Gasteiger partial charge < -0.3 is 20.4 Å². The lowest BCUT2D eigenvalue weighted by Gasteiger charge is -2.37. The second-order valence-corrected chi connectivity index (χ2v) is 7.81. The van der Waals surface area contributed by atoms with Crippen LogP contribution in [0.1, 0.15) is 46.0 Å². The van der Waals surface area contributed by atoms with E-state index in [0.717, 1.165) is 19.0 Å². The van der Waals surface area contributed by atoms with E-state index in [9.17, 15) is 0 Å². The van der Waals surface area contributed by atoms with Gasteiger partial charge in [0.1, 0.15) is 0 Å². The first-order valence-electron chi connectivity index (χ1n) is 10.9. The molecule has 0 aliphatic carbocycles. The molecule has 0 bridgehead atoms. The van der Waals surface area contributed by atoms with Crippen molar-refractivity contribution in [3.05, 3.63) is 0 Å². The van der Waals surface area contributed by atoms with Gasteiger partial charge in [-0.1, -0.05) is 19.8 Å². The van der Waals surface area contributed by atoms with E-state index in [1.165, 1.54) is 84.5 Å². The van der Waals surface area contributed by atoms with Gasteiger partial charge in [0.25, 0.3) is 0 Å². The SMILES string of the molecule is CCN1CCN(C(C)CNC(=NC)NCCCN2CCCCCC2)CC1. The highest BCUT2D eigenvalue weighted by molar-refractivity contribution is 5.79.